The second kappa shape index (κ2) is 7.37. The van der Waals surface area contributed by atoms with Crippen molar-refractivity contribution < 1.29 is 48.4 Å². The van der Waals surface area contributed by atoms with Gasteiger partial charge in [-0.15, -0.1) is 13.8 Å². The third kappa shape index (κ3) is 4.72. The van der Waals surface area contributed by atoms with Gasteiger partial charge in [-0.3, -0.25) is 12.2 Å². The predicted molar refractivity (Wildman–Crippen MR) is 90.3 cm³/mol. The SMILES string of the molecule is CC1=[C-]C(C)(C)C(C)=C1C.CC1=[C-]C(C)(C)C(C)=C1C.[H-].[Yb+3]. The van der Waals surface area contributed by atoms with Gasteiger partial charge in [0.1, 0.15) is 0 Å². The average Bonchev–Trinajstić information content (AvgIpc) is 2.60. The molecule has 0 aromatic heterocycles. The zero-order valence-electron chi connectivity index (χ0n) is 16.3. The number of hydrogen-bond acceptors (Lipinski definition) is 0. The van der Waals surface area contributed by atoms with E-state index in [-0.39, 0.29) is 59.2 Å². The van der Waals surface area contributed by atoms with Crippen LogP contribution in [-0.2, 0) is 0 Å². The maximum absolute atomic E-state index is 3.44. The van der Waals surface area contributed by atoms with E-state index >= 15 is 0 Å². The van der Waals surface area contributed by atoms with E-state index in [2.05, 4.69) is 81.4 Å². The van der Waals surface area contributed by atoms with Crippen molar-refractivity contribution in [1.29, 1.82) is 0 Å². The molecule has 0 heterocycles. The molecule has 0 amide bonds. The smallest absolute Gasteiger partial charge is 1.00 e. The maximum Gasteiger partial charge on any atom is 3.00 e. The van der Waals surface area contributed by atoms with Gasteiger partial charge in [-0.2, -0.15) is 22.3 Å². The van der Waals surface area contributed by atoms with Gasteiger partial charge in [-0.05, 0) is 0 Å². The van der Waals surface area contributed by atoms with Crippen molar-refractivity contribution in [2.75, 3.05) is 0 Å². The first-order chi connectivity index (χ1) is 8.90. The minimum Gasteiger partial charge on any atom is -1.00 e. The normalized spacial score (nSPS) is 22.4. The Hall–Kier alpha value is 0.479. The minimum absolute atomic E-state index is 0. The summed E-state index contributed by atoms with van der Waals surface area (Å²) in [7, 11) is 0. The zero-order valence-corrected chi connectivity index (χ0v) is 17.0. The Morgan fingerprint density at radius 3 is 0.905 bits per heavy atom. The minimum atomic E-state index is 0. The van der Waals surface area contributed by atoms with E-state index in [1.54, 1.807) is 0 Å². The topological polar surface area (TPSA) is 0 Å². The van der Waals surface area contributed by atoms with Gasteiger partial charge in [0.15, 0.2) is 0 Å². The van der Waals surface area contributed by atoms with Crippen molar-refractivity contribution in [3.63, 3.8) is 0 Å². The summed E-state index contributed by atoms with van der Waals surface area (Å²) in [5, 5.41) is 0. The third-order valence-corrected chi connectivity index (χ3v) is 5.12. The molecule has 2 rings (SSSR count). The molecule has 21 heavy (non-hydrogen) atoms. The standard InChI is InChI=1S/2C10H15.Yb.H/c2*1-7-6-10(4,5)9(3)8(7)2;;/h2*1-5H3;;/q2*-1;+3;-1. The van der Waals surface area contributed by atoms with Crippen LogP contribution < -0.4 is 0 Å². The Balaban J connectivity index is 0. The summed E-state index contributed by atoms with van der Waals surface area (Å²) in [6.07, 6.45) is 6.87. The quantitative estimate of drug-likeness (QED) is 0.383. The molecule has 0 saturated carbocycles. The molecule has 0 aliphatic heterocycles. The first-order valence-corrected chi connectivity index (χ1v) is 7.50. The Bertz CT molecular complexity index is 490. The molecular weight excluding hydrogens is 413 g/mol. The third-order valence-electron chi connectivity index (χ3n) is 5.12. The number of rotatable bonds is 0. The van der Waals surface area contributed by atoms with Gasteiger partial charge in [0.2, 0.25) is 0 Å². The van der Waals surface area contributed by atoms with E-state index in [1.807, 2.05) is 0 Å². The van der Waals surface area contributed by atoms with Crippen molar-refractivity contribution in [2.45, 2.75) is 69.2 Å². The Morgan fingerprint density at radius 1 is 0.619 bits per heavy atom. The molecule has 2 aliphatic carbocycles. The van der Waals surface area contributed by atoms with Gasteiger partial charge < -0.3 is 1.43 Å². The molecular formula is C20H31Yb. The summed E-state index contributed by atoms with van der Waals surface area (Å²) in [5.74, 6) is 0. The molecule has 0 nitrogen and oxygen atoms in total. The van der Waals surface area contributed by atoms with E-state index in [9.17, 15) is 0 Å². The van der Waals surface area contributed by atoms with Crippen LogP contribution in [0.25, 0.3) is 0 Å². The molecule has 0 unspecified atom stereocenters. The van der Waals surface area contributed by atoms with Crippen molar-refractivity contribution in [3.05, 3.63) is 45.6 Å². The van der Waals surface area contributed by atoms with Crippen molar-refractivity contribution in [2.24, 2.45) is 10.8 Å². The molecule has 1 heteroatoms. The molecule has 0 aromatic carbocycles. The predicted octanol–water partition coefficient (Wildman–Crippen LogP) is 6.34. The van der Waals surface area contributed by atoms with E-state index < -0.39 is 0 Å². The summed E-state index contributed by atoms with van der Waals surface area (Å²) in [4.78, 5) is 0. The Morgan fingerprint density at radius 2 is 0.857 bits per heavy atom. The second-order valence-electron chi connectivity index (χ2n) is 7.25. The van der Waals surface area contributed by atoms with Crippen LogP contribution in [-0.4, -0.2) is 0 Å². The van der Waals surface area contributed by atoms with Crippen LogP contribution in [0.3, 0.4) is 0 Å². The van der Waals surface area contributed by atoms with E-state index in [0.29, 0.717) is 0 Å². The molecule has 2 aliphatic rings. The van der Waals surface area contributed by atoms with E-state index in [4.69, 9.17) is 0 Å². The molecule has 1 radical (unpaired) electrons. The van der Waals surface area contributed by atoms with Crippen molar-refractivity contribution in [1.82, 2.24) is 0 Å². The maximum atomic E-state index is 3.44. The summed E-state index contributed by atoms with van der Waals surface area (Å²) in [6, 6.07) is 0. The fourth-order valence-corrected chi connectivity index (χ4v) is 2.81. The van der Waals surface area contributed by atoms with Crippen molar-refractivity contribution >= 4 is 0 Å². The first-order valence-electron chi connectivity index (χ1n) is 7.50. The monoisotopic (exact) mass is 445 g/mol. The molecule has 0 aromatic rings. The molecule has 0 atom stereocenters. The fraction of sp³-hybridized carbons (Fsp3) is 0.600. The van der Waals surface area contributed by atoms with Crippen LogP contribution in [0.15, 0.2) is 33.4 Å². The van der Waals surface area contributed by atoms with Gasteiger partial charge in [0, 0.05) is 0 Å². The Labute approximate surface area is 172 Å². The van der Waals surface area contributed by atoms with E-state index in [0.717, 1.165) is 0 Å². The van der Waals surface area contributed by atoms with Gasteiger partial charge in [0.25, 0.3) is 0 Å². The van der Waals surface area contributed by atoms with Gasteiger partial charge in [-0.1, -0.05) is 66.2 Å². The number of hydrogen-bond donors (Lipinski definition) is 0. The summed E-state index contributed by atoms with van der Waals surface area (Å²) < 4.78 is 0. The van der Waals surface area contributed by atoms with Gasteiger partial charge >= 0.3 is 46.9 Å². The second-order valence-corrected chi connectivity index (χ2v) is 7.25. The van der Waals surface area contributed by atoms with Crippen LogP contribution in [0.1, 0.15) is 70.7 Å². The molecule has 0 N–H and O–H groups in total. The molecule has 0 bridgehead atoms. The Kier molecular flexibility index (Phi) is 7.53. The van der Waals surface area contributed by atoms with Crippen LogP contribution in [0, 0.1) is 69.9 Å². The van der Waals surface area contributed by atoms with Gasteiger partial charge in [-0.25, -0.2) is 11.1 Å². The number of allylic oxidation sites excluding steroid dienone is 8. The van der Waals surface area contributed by atoms with Crippen LogP contribution >= 0.6 is 0 Å². The van der Waals surface area contributed by atoms with Crippen molar-refractivity contribution in [3.8, 4) is 0 Å². The zero-order chi connectivity index (χ0) is 15.9. The summed E-state index contributed by atoms with van der Waals surface area (Å²) >= 11 is 0. The largest absolute Gasteiger partial charge is 3.00 e. The summed E-state index contributed by atoms with van der Waals surface area (Å²) in [5.41, 5.74) is 8.79. The van der Waals surface area contributed by atoms with Crippen LogP contribution in [0.5, 0.6) is 0 Å². The molecule has 125 valence electrons. The van der Waals surface area contributed by atoms with Gasteiger partial charge in [0.05, 0.1) is 0 Å². The molecule has 0 saturated heterocycles. The fourth-order valence-electron chi connectivity index (χ4n) is 2.81. The van der Waals surface area contributed by atoms with Crippen LogP contribution in [0.2, 0.25) is 0 Å². The molecule has 0 spiro atoms. The average molecular weight is 445 g/mol. The first kappa shape index (κ1) is 21.5. The van der Waals surface area contributed by atoms with Crippen LogP contribution in [0.4, 0.5) is 0 Å². The summed E-state index contributed by atoms with van der Waals surface area (Å²) in [6.45, 7) is 21.8. The molecule has 0 fully saturated rings. The van der Waals surface area contributed by atoms with E-state index in [1.165, 1.54) is 33.4 Å².